The molecule has 0 amide bonds. The molecule has 1 aromatic carbocycles. The molecule has 1 aromatic rings. The number of hydrogen-bond donors (Lipinski definition) is 1. The van der Waals surface area contributed by atoms with E-state index in [-0.39, 0.29) is 0 Å². The van der Waals surface area contributed by atoms with Gasteiger partial charge in [-0.1, -0.05) is 18.2 Å². The highest BCUT2D eigenvalue weighted by atomic mass is 16.5. The number of ether oxygens (including phenoxy) is 1. The van der Waals surface area contributed by atoms with E-state index in [1.807, 2.05) is 45.9 Å². The highest BCUT2D eigenvalue weighted by Crippen LogP contribution is 2.48. The van der Waals surface area contributed by atoms with Crippen LogP contribution in [-0.4, -0.2) is 23.7 Å². The predicted octanol–water partition coefficient (Wildman–Crippen LogP) is 2.25. The van der Waals surface area contributed by atoms with Gasteiger partial charge in [-0.05, 0) is 57.7 Å². The van der Waals surface area contributed by atoms with Crippen LogP contribution >= 0.6 is 0 Å². The molecule has 1 radical (unpaired) electrons. The molecule has 1 atom stereocenters. The van der Waals surface area contributed by atoms with Crippen LogP contribution in [0, 0.1) is 0 Å². The first-order valence-corrected chi connectivity index (χ1v) is 7.66. The lowest BCUT2D eigenvalue weighted by molar-refractivity contribution is -0.266. The fourth-order valence-electron chi connectivity index (χ4n) is 3.26. The fourth-order valence-corrected chi connectivity index (χ4v) is 3.26. The summed E-state index contributed by atoms with van der Waals surface area (Å²) in [4.78, 5) is 11.7. The summed E-state index contributed by atoms with van der Waals surface area (Å²) in [5.41, 5.74) is 7.71. The van der Waals surface area contributed by atoms with Gasteiger partial charge in [0.05, 0.1) is 17.7 Å². The molecule has 22 heavy (non-hydrogen) atoms. The molecule has 1 aliphatic heterocycles. The van der Waals surface area contributed by atoms with Gasteiger partial charge in [0.2, 0.25) is 0 Å². The van der Waals surface area contributed by atoms with Gasteiger partial charge in [-0.2, -0.15) is 0 Å². The van der Waals surface area contributed by atoms with Gasteiger partial charge >= 0.3 is 5.97 Å². The van der Waals surface area contributed by atoms with Crippen molar-refractivity contribution in [2.75, 3.05) is 6.61 Å². The third kappa shape index (κ3) is 2.64. The van der Waals surface area contributed by atoms with E-state index in [9.17, 15) is 10.0 Å². The summed E-state index contributed by atoms with van der Waals surface area (Å²) in [7, 11) is 0. The SMILES string of the molecule is CCOC(=O)[C@H](N)Cc1ccc2c(c1)C(C)(C)N([O])C2(C)C. The Kier molecular flexibility index (Phi) is 4.35. The third-order valence-electron chi connectivity index (χ3n) is 4.46. The largest absolute Gasteiger partial charge is 0.465 e. The molecule has 2 N–H and O–H groups in total. The Labute approximate surface area is 132 Å². The van der Waals surface area contributed by atoms with Crippen LogP contribution in [0.1, 0.15) is 51.3 Å². The van der Waals surface area contributed by atoms with Gasteiger partial charge in [-0.25, -0.2) is 0 Å². The second-order valence-corrected chi connectivity index (χ2v) is 6.86. The van der Waals surface area contributed by atoms with Crippen molar-refractivity contribution in [2.24, 2.45) is 5.73 Å². The summed E-state index contributed by atoms with van der Waals surface area (Å²) in [5.74, 6) is -0.395. The summed E-state index contributed by atoms with van der Waals surface area (Å²) in [6.07, 6.45) is 0.404. The quantitative estimate of drug-likeness (QED) is 0.866. The summed E-state index contributed by atoms with van der Waals surface area (Å²) < 4.78 is 4.94. The molecule has 0 saturated heterocycles. The van der Waals surface area contributed by atoms with Gasteiger partial charge in [0.1, 0.15) is 6.04 Å². The average molecular weight is 305 g/mol. The second-order valence-electron chi connectivity index (χ2n) is 6.86. The Bertz CT molecular complexity index is 581. The van der Waals surface area contributed by atoms with E-state index < -0.39 is 23.1 Å². The minimum Gasteiger partial charge on any atom is -0.465 e. The van der Waals surface area contributed by atoms with Crippen LogP contribution < -0.4 is 5.73 Å². The minimum atomic E-state index is -0.682. The molecule has 121 valence electrons. The van der Waals surface area contributed by atoms with Crippen LogP contribution in [-0.2, 0) is 32.2 Å². The number of carbonyl (C=O) groups is 1. The van der Waals surface area contributed by atoms with Crippen molar-refractivity contribution in [1.82, 2.24) is 5.06 Å². The van der Waals surface area contributed by atoms with E-state index >= 15 is 0 Å². The van der Waals surface area contributed by atoms with Crippen molar-refractivity contribution in [3.8, 4) is 0 Å². The molecule has 0 unspecified atom stereocenters. The van der Waals surface area contributed by atoms with Crippen molar-refractivity contribution < 1.29 is 14.7 Å². The van der Waals surface area contributed by atoms with Crippen molar-refractivity contribution in [1.29, 1.82) is 0 Å². The molecule has 5 nitrogen and oxygen atoms in total. The van der Waals surface area contributed by atoms with Crippen LogP contribution in [0.15, 0.2) is 18.2 Å². The highest BCUT2D eigenvalue weighted by molar-refractivity contribution is 5.75. The summed E-state index contributed by atoms with van der Waals surface area (Å²) in [5, 5.41) is 13.7. The Morgan fingerprint density at radius 1 is 1.23 bits per heavy atom. The monoisotopic (exact) mass is 305 g/mol. The van der Waals surface area contributed by atoms with Gasteiger partial charge in [0, 0.05) is 0 Å². The third-order valence-corrected chi connectivity index (χ3v) is 4.46. The van der Waals surface area contributed by atoms with E-state index in [0.717, 1.165) is 21.8 Å². The Morgan fingerprint density at radius 2 is 1.82 bits per heavy atom. The number of carbonyl (C=O) groups excluding carboxylic acids is 1. The molecule has 1 heterocycles. The van der Waals surface area contributed by atoms with Crippen LogP contribution in [0.2, 0.25) is 0 Å². The predicted molar refractivity (Wildman–Crippen MR) is 83.3 cm³/mol. The fraction of sp³-hybridized carbons (Fsp3) is 0.588. The molecule has 0 spiro atoms. The van der Waals surface area contributed by atoms with Crippen molar-refractivity contribution >= 4 is 5.97 Å². The molecule has 2 rings (SSSR count). The second kappa shape index (κ2) is 5.65. The maximum atomic E-state index is 12.6. The zero-order chi connectivity index (χ0) is 16.7. The maximum absolute atomic E-state index is 12.6. The molecular formula is C17H25N2O3. The molecule has 5 heteroatoms. The number of fused-ring (bicyclic) bond motifs is 1. The van der Waals surface area contributed by atoms with E-state index in [1.54, 1.807) is 6.92 Å². The number of benzene rings is 1. The number of hydrogen-bond acceptors (Lipinski definition) is 4. The van der Waals surface area contributed by atoms with Gasteiger partial charge in [0.25, 0.3) is 0 Å². The maximum Gasteiger partial charge on any atom is 0.323 e. The zero-order valence-corrected chi connectivity index (χ0v) is 14.0. The number of nitrogens with zero attached hydrogens (tertiary/aromatic N) is 1. The Balaban J connectivity index is 2.30. The van der Waals surface area contributed by atoms with Crippen LogP contribution in [0.4, 0.5) is 0 Å². The Morgan fingerprint density at radius 3 is 2.41 bits per heavy atom. The number of esters is 1. The minimum absolute atomic E-state index is 0.323. The lowest BCUT2D eigenvalue weighted by Crippen LogP contribution is -2.41. The van der Waals surface area contributed by atoms with E-state index in [4.69, 9.17) is 10.5 Å². The average Bonchev–Trinajstić information content (AvgIpc) is 2.58. The standard InChI is InChI=1S/C17H25N2O3/c1-6-22-15(20)14(18)10-11-7-8-12-13(9-11)17(4,5)19(21)16(12,2)3/h7-9,14H,6,10,18H2,1-5H3/t14-/m1/s1. The van der Waals surface area contributed by atoms with E-state index in [0.29, 0.717) is 13.0 Å². The van der Waals surface area contributed by atoms with E-state index in [2.05, 4.69) is 0 Å². The number of hydroxylamine groups is 2. The van der Waals surface area contributed by atoms with Crippen molar-refractivity contribution in [3.05, 3.63) is 34.9 Å². The smallest absolute Gasteiger partial charge is 0.323 e. The molecule has 0 fully saturated rings. The first kappa shape index (κ1) is 16.9. The topological polar surface area (TPSA) is 75.5 Å². The molecule has 0 saturated carbocycles. The lowest BCUT2D eigenvalue weighted by atomic mass is 9.88. The van der Waals surface area contributed by atoms with Crippen LogP contribution in [0.3, 0.4) is 0 Å². The molecule has 0 aliphatic carbocycles. The lowest BCUT2D eigenvalue weighted by Gasteiger charge is -2.32. The summed E-state index contributed by atoms with van der Waals surface area (Å²) >= 11 is 0. The van der Waals surface area contributed by atoms with Crippen LogP contribution in [0.5, 0.6) is 0 Å². The van der Waals surface area contributed by atoms with Crippen LogP contribution in [0.25, 0.3) is 0 Å². The molecular weight excluding hydrogens is 280 g/mol. The number of nitrogens with two attached hydrogens (primary N) is 1. The van der Waals surface area contributed by atoms with Crippen molar-refractivity contribution in [2.45, 2.75) is 58.2 Å². The van der Waals surface area contributed by atoms with E-state index in [1.165, 1.54) is 0 Å². The van der Waals surface area contributed by atoms with Gasteiger partial charge < -0.3 is 10.5 Å². The molecule has 0 aromatic heterocycles. The van der Waals surface area contributed by atoms with Gasteiger partial charge in [-0.3, -0.25) is 4.79 Å². The first-order chi connectivity index (χ1) is 10.1. The van der Waals surface area contributed by atoms with Gasteiger partial charge in [0.15, 0.2) is 0 Å². The van der Waals surface area contributed by atoms with Crippen molar-refractivity contribution in [3.63, 3.8) is 0 Å². The summed E-state index contributed by atoms with van der Waals surface area (Å²) in [6.45, 7) is 9.77. The zero-order valence-electron chi connectivity index (χ0n) is 14.0. The normalized spacial score (nSPS) is 20.5. The first-order valence-electron chi connectivity index (χ1n) is 7.66. The summed E-state index contributed by atoms with van der Waals surface area (Å²) in [6, 6.07) is 5.23. The van der Waals surface area contributed by atoms with Gasteiger partial charge in [-0.15, -0.1) is 10.3 Å². The number of rotatable bonds is 4. The Hall–Kier alpha value is -1.43. The molecule has 1 aliphatic rings. The highest BCUT2D eigenvalue weighted by Gasteiger charge is 2.49. The molecule has 0 bridgehead atoms.